The summed E-state index contributed by atoms with van der Waals surface area (Å²) in [5.74, 6) is 0.324. The molecule has 0 spiro atoms. The fourth-order valence-electron chi connectivity index (χ4n) is 1.78. The van der Waals surface area contributed by atoms with Crippen LogP contribution in [0.15, 0.2) is 40.2 Å². The van der Waals surface area contributed by atoms with Crippen LogP contribution in [-0.2, 0) is 6.42 Å². The molecule has 0 amide bonds. The summed E-state index contributed by atoms with van der Waals surface area (Å²) >= 11 is 5.21. The van der Waals surface area contributed by atoms with E-state index in [0.717, 1.165) is 15.8 Å². The van der Waals surface area contributed by atoms with Gasteiger partial charge in [-0.05, 0) is 59.2 Å². The molecule has 90 valence electrons. The topological polar surface area (TPSA) is 32.3 Å². The third-order valence-corrected chi connectivity index (χ3v) is 4.37. The SMILES string of the molecule is CNC(Cc1cccc(O)c1)c1ccc(Br)s1. The molecule has 2 N–H and O–H groups in total. The van der Waals surface area contributed by atoms with Crippen molar-refractivity contribution in [1.82, 2.24) is 5.32 Å². The Morgan fingerprint density at radius 2 is 2.18 bits per heavy atom. The lowest BCUT2D eigenvalue weighted by atomic mass is 10.0. The lowest BCUT2D eigenvalue weighted by molar-refractivity contribution is 0.473. The van der Waals surface area contributed by atoms with E-state index < -0.39 is 0 Å². The highest BCUT2D eigenvalue weighted by atomic mass is 79.9. The van der Waals surface area contributed by atoms with E-state index in [1.165, 1.54) is 4.88 Å². The van der Waals surface area contributed by atoms with Gasteiger partial charge in [0.15, 0.2) is 0 Å². The van der Waals surface area contributed by atoms with E-state index in [9.17, 15) is 5.11 Å². The fourth-order valence-corrected chi connectivity index (χ4v) is 3.31. The molecule has 2 aromatic rings. The summed E-state index contributed by atoms with van der Waals surface area (Å²) < 4.78 is 1.14. The maximum absolute atomic E-state index is 9.45. The average Bonchev–Trinajstić information content (AvgIpc) is 2.73. The van der Waals surface area contributed by atoms with Gasteiger partial charge in [-0.2, -0.15) is 0 Å². The first-order chi connectivity index (χ1) is 8.19. The van der Waals surface area contributed by atoms with Crippen LogP contribution in [0.3, 0.4) is 0 Å². The smallest absolute Gasteiger partial charge is 0.115 e. The molecule has 0 aliphatic carbocycles. The van der Waals surface area contributed by atoms with Crippen LogP contribution in [0.2, 0.25) is 0 Å². The molecule has 0 saturated carbocycles. The lowest BCUT2D eigenvalue weighted by Gasteiger charge is -2.14. The van der Waals surface area contributed by atoms with Gasteiger partial charge in [0.1, 0.15) is 5.75 Å². The first-order valence-electron chi connectivity index (χ1n) is 5.39. The van der Waals surface area contributed by atoms with Crippen molar-refractivity contribution in [3.05, 3.63) is 50.6 Å². The minimum atomic E-state index is 0.285. The Morgan fingerprint density at radius 3 is 2.76 bits per heavy atom. The average molecular weight is 312 g/mol. The number of hydrogen-bond donors (Lipinski definition) is 2. The zero-order valence-corrected chi connectivity index (χ0v) is 11.9. The molecule has 0 fully saturated rings. The highest BCUT2D eigenvalue weighted by Gasteiger charge is 2.12. The molecule has 0 aliphatic heterocycles. The molecule has 17 heavy (non-hydrogen) atoms. The van der Waals surface area contributed by atoms with Crippen LogP contribution >= 0.6 is 27.3 Å². The molecule has 0 saturated heterocycles. The third kappa shape index (κ3) is 3.31. The van der Waals surface area contributed by atoms with Gasteiger partial charge in [0.25, 0.3) is 0 Å². The molecule has 2 rings (SSSR count). The molecule has 2 nitrogen and oxygen atoms in total. The van der Waals surface area contributed by atoms with Gasteiger partial charge in [0.2, 0.25) is 0 Å². The molecular weight excluding hydrogens is 298 g/mol. The maximum atomic E-state index is 9.45. The summed E-state index contributed by atoms with van der Waals surface area (Å²) in [7, 11) is 1.96. The van der Waals surface area contributed by atoms with Crippen molar-refractivity contribution >= 4 is 27.3 Å². The number of hydrogen-bond acceptors (Lipinski definition) is 3. The Labute approximate surface area is 113 Å². The first-order valence-corrected chi connectivity index (χ1v) is 7.00. The minimum Gasteiger partial charge on any atom is -0.508 e. The van der Waals surface area contributed by atoms with Crippen molar-refractivity contribution in [3.8, 4) is 5.75 Å². The summed E-state index contributed by atoms with van der Waals surface area (Å²) in [5, 5.41) is 12.8. The molecular formula is C13H14BrNOS. The number of nitrogens with one attached hydrogen (secondary N) is 1. The number of aromatic hydroxyl groups is 1. The van der Waals surface area contributed by atoms with Crippen LogP contribution in [0.5, 0.6) is 5.75 Å². The monoisotopic (exact) mass is 311 g/mol. The van der Waals surface area contributed by atoms with Crippen LogP contribution in [0.4, 0.5) is 0 Å². The van der Waals surface area contributed by atoms with E-state index in [2.05, 4.69) is 33.4 Å². The molecule has 0 radical (unpaired) electrons. The number of phenolic OH excluding ortho intramolecular Hbond substituents is 1. The molecule has 1 aromatic heterocycles. The highest BCUT2D eigenvalue weighted by molar-refractivity contribution is 9.11. The predicted octanol–water partition coefficient (Wildman–Crippen LogP) is 3.72. The fraction of sp³-hybridized carbons (Fsp3) is 0.231. The third-order valence-electron chi connectivity index (χ3n) is 2.64. The number of phenols is 1. The van der Waals surface area contributed by atoms with Crippen molar-refractivity contribution in [2.75, 3.05) is 7.05 Å². The Bertz CT molecular complexity index is 498. The van der Waals surface area contributed by atoms with Crippen LogP contribution in [0.1, 0.15) is 16.5 Å². The maximum Gasteiger partial charge on any atom is 0.115 e. The largest absolute Gasteiger partial charge is 0.508 e. The number of rotatable bonds is 4. The molecule has 4 heteroatoms. The van der Waals surface area contributed by atoms with E-state index >= 15 is 0 Å². The van der Waals surface area contributed by atoms with Crippen LogP contribution in [0.25, 0.3) is 0 Å². The highest BCUT2D eigenvalue weighted by Crippen LogP contribution is 2.29. The second-order valence-electron chi connectivity index (χ2n) is 3.86. The predicted molar refractivity (Wildman–Crippen MR) is 75.6 cm³/mol. The zero-order valence-electron chi connectivity index (χ0n) is 9.48. The summed E-state index contributed by atoms with van der Waals surface area (Å²) in [6.07, 6.45) is 0.873. The minimum absolute atomic E-state index is 0.285. The quantitative estimate of drug-likeness (QED) is 0.902. The van der Waals surface area contributed by atoms with E-state index in [-0.39, 0.29) is 6.04 Å². The first kappa shape index (κ1) is 12.6. The number of likely N-dealkylation sites (N-methyl/N-ethyl adjacent to an activating group) is 1. The van der Waals surface area contributed by atoms with Gasteiger partial charge in [0.05, 0.1) is 3.79 Å². The van der Waals surface area contributed by atoms with Gasteiger partial charge in [-0.15, -0.1) is 11.3 Å². The molecule has 1 atom stereocenters. The lowest BCUT2D eigenvalue weighted by Crippen LogP contribution is -2.17. The van der Waals surface area contributed by atoms with Gasteiger partial charge >= 0.3 is 0 Å². The van der Waals surface area contributed by atoms with Crippen molar-refractivity contribution < 1.29 is 5.11 Å². The van der Waals surface area contributed by atoms with Crippen molar-refractivity contribution in [2.45, 2.75) is 12.5 Å². The van der Waals surface area contributed by atoms with Crippen molar-refractivity contribution in [1.29, 1.82) is 0 Å². The molecule has 1 aromatic carbocycles. The normalized spacial score (nSPS) is 12.6. The van der Waals surface area contributed by atoms with Gasteiger partial charge in [-0.25, -0.2) is 0 Å². The van der Waals surface area contributed by atoms with Gasteiger partial charge in [-0.1, -0.05) is 12.1 Å². The van der Waals surface area contributed by atoms with E-state index in [1.54, 1.807) is 17.4 Å². The molecule has 0 bridgehead atoms. The van der Waals surface area contributed by atoms with Crippen LogP contribution in [0, 0.1) is 0 Å². The second-order valence-corrected chi connectivity index (χ2v) is 6.35. The molecule has 1 unspecified atom stereocenters. The Hall–Kier alpha value is -0.840. The van der Waals surface area contributed by atoms with E-state index in [1.807, 2.05) is 25.2 Å². The molecule has 0 aliphatic rings. The summed E-state index contributed by atoms with van der Waals surface area (Å²) in [6.45, 7) is 0. The Kier molecular flexibility index (Phi) is 4.20. The van der Waals surface area contributed by atoms with Gasteiger partial charge in [-0.3, -0.25) is 0 Å². The van der Waals surface area contributed by atoms with Gasteiger partial charge < -0.3 is 10.4 Å². The van der Waals surface area contributed by atoms with Crippen molar-refractivity contribution in [2.24, 2.45) is 0 Å². The number of thiophene rings is 1. The molecule has 1 heterocycles. The van der Waals surface area contributed by atoms with Crippen LogP contribution in [-0.4, -0.2) is 12.2 Å². The number of halogens is 1. The Balaban J connectivity index is 2.15. The zero-order chi connectivity index (χ0) is 12.3. The summed E-state index contributed by atoms with van der Waals surface area (Å²) in [5.41, 5.74) is 1.13. The standard InChI is InChI=1S/C13H14BrNOS/c1-15-11(12-5-6-13(14)17-12)8-9-3-2-4-10(16)7-9/h2-7,11,15-16H,8H2,1H3. The van der Waals surface area contributed by atoms with Crippen molar-refractivity contribution in [3.63, 3.8) is 0 Å². The van der Waals surface area contributed by atoms with Gasteiger partial charge in [0, 0.05) is 10.9 Å². The van der Waals surface area contributed by atoms with Crippen LogP contribution < -0.4 is 5.32 Å². The summed E-state index contributed by atoms with van der Waals surface area (Å²) in [6, 6.07) is 11.9. The second kappa shape index (κ2) is 5.67. The summed E-state index contributed by atoms with van der Waals surface area (Å²) in [4.78, 5) is 1.29. The van der Waals surface area contributed by atoms with E-state index in [0.29, 0.717) is 5.75 Å². The number of benzene rings is 1. The van der Waals surface area contributed by atoms with E-state index in [4.69, 9.17) is 0 Å². The Morgan fingerprint density at radius 1 is 1.35 bits per heavy atom.